The molecule has 2 aromatic heterocycles. The molecule has 0 atom stereocenters. The molecule has 1 aromatic carbocycles. The molecule has 3 rings (SSSR count). The van der Waals surface area contributed by atoms with Crippen LogP contribution in [0.2, 0.25) is 0 Å². The number of hydrogen-bond acceptors (Lipinski definition) is 6. The highest BCUT2D eigenvalue weighted by molar-refractivity contribution is 5.85. The van der Waals surface area contributed by atoms with E-state index in [0.29, 0.717) is 41.3 Å². The molecule has 0 saturated heterocycles. The third kappa shape index (κ3) is 4.07. The standard InChI is InChI=1S/C18H20FN5O/c1-24(5-6-25-2)10-12-7-13(9-14(19)8-12)15-3-4-16-17(23-15)18(20)22-11-21-16/h3-4,7-9,11H,5-6,10H2,1-2H3,(H2,20,21,22). The Morgan fingerprint density at radius 2 is 2.04 bits per heavy atom. The van der Waals surface area contributed by atoms with Gasteiger partial charge in [0, 0.05) is 25.8 Å². The van der Waals surface area contributed by atoms with Crippen LogP contribution < -0.4 is 5.73 Å². The third-order valence-electron chi connectivity index (χ3n) is 3.89. The minimum Gasteiger partial charge on any atom is -0.383 e. The van der Waals surface area contributed by atoms with Crippen molar-refractivity contribution in [3.63, 3.8) is 0 Å². The number of methoxy groups -OCH3 is 1. The summed E-state index contributed by atoms with van der Waals surface area (Å²) in [4.78, 5) is 14.7. The highest BCUT2D eigenvalue weighted by atomic mass is 19.1. The fraction of sp³-hybridized carbons (Fsp3) is 0.278. The van der Waals surface area contributed by atoms with Gasteiger partial charge in [0.05, 0.1) is 17.8 Å². The number of likely N-dealkylation sites (N-methyl/N-ethyl adjacent to an activating group) is 1. The number of nitrogens with two attached hydrogens (primary N) is 1. The molecule has 2 heterocycles. The predicted molar refractivity (Wildman–Crippen MR) is 95.3 cm³/mol. The molecule has 0 aliphatic carbocycles. The van der Waals surface area contributed by atoms with E-state index in [0.717, 1.165) is 12.1 Å². The van der Waals surface area contributed by atoms with Gasteiger partial charge in [-0.25, -0.2) is 19.3 Å². The number of hydrogen-bond donors (Lipinski definition) is 1. The van der Waals surface area contributed by atoms with Gasteiger partial charge in [-0.3, -0.25) is 4.90 Å². The number of anilines is 1. The van der Waals surface area contributed by atoms with Crippen molar-refractivity contribution in [3.05, 3.63) is 48.0 Å². The quantitative estimate of drug-likeness (QED) is 0.742. The van der Waals surface area contributed by atoms with Crippen molar-refractivity contribution < 1.29 is 9.13 Å². The summed E-state index contributed by atoms with van der Waals surface area (Å²) in [6, 6.07) is 8.55. The second-order valence-electron chi connectivity index (χ2n) is 5.90. The van der Waals surface area contributed by atoms with Gasteiger partial charge in [0.1, 0.15) is 17.7 Å². The van der Waals surface area contributed by atoms with Crippen LogP contribution in [0.4, 0.5) is 10.2 Å². The first kappa shape index (κ1) is 17.2. The van der Waals surface area contributed by atoms with E-state index in [9.17, 15) is 4.39 Å². The number of rotatable bonds is 6. The lowest BCUT2D eigenvalue weighted by Crippen LogP contribution is -2.22. The molecule has 0 fully saturated rings. The van der Waals surface area contributed by atoms with Crippen LogP contribution >= 0.6 is 0 Å². The average molecular weight is 341 g/mol. The highest BCUT2D eigenvalue weighted by Gasteiger charge is 2.09. The van der Waals surface area contributed by atoms with E-state index in [-0.39, 0.29) is 5.82 Å². The Morgan fingerprint density at radius 1 is 1.20 bits per heavy atom. The van der Waals surface area contributed by atoms with Crippen LogP contribution in [0.1, 0.15) is 5.56 Å². The van der Waals surface area contributed by atoms with Gasteiger partial charge in [-0.05, 0) is 42.9 Å². The Balaban J connectivity index is 1.93. The number of pyridine rings is 1. The Bertz CT molecular complexity index is 886. The van der Waals surface area contributed by atoms with E-state index >= 15 is 0 Å². The molecule has 130 valence electrons. The van der Waals surface area contributed by atoms with Crippen LogP contribution in [0.15, 0.2) is 36.7 Å². The molecule has 0 spiro atoms. The van der Waals surface area contributed by atoms with Crippen LogP contribution in [-0.4, -0.2) is 47.2 Å². The second kappa shape index (κ2) is 7.50. The van der Waals surface area contributed by atoms with Crippen molar-refractivity contribution >= 4 is 16.9 Å². The fourth-order valence-corrected chi connectivity index (χ4v) is 2.65. The second-order valence-corrected chi connectivity index (χ2v) is 5.90. The first-order valence-electron chi connectivity index (χ1n) is 7.91. The average Bonchev–Trinajstić information content (AvgIpc) is 2.59. The maximum Gasteiger partial charge on any atom is 0.153 e. The number of nitrogen functional groups attached to an aromatic ring is 1. The lowest BCUT2D eigenvalue weighted by atomic mass is 10.1. The maximum absolute atomic E-state index is 14.1. The largest absolute Gasteiger partial charge is 0.383 e. The van der Waals surface area contributed by atoms with E-state index in [2.05, 4.69) is 19.9 Å². The molecule has 6 nitrogen and oxygen atoms in total. The van der Waals surface area contributed by atoms with Crippen LogP contribution in [0.5, 0.6) is 0 Å². The van der Waals surface area contributed by atoms with Gasteiger partial charge >= 0.3 is 0 Å². The normalized spacial score (nSPS) is 11.4. The molecule has 3 aromatic rings. The molecule has 0 aliphatic heterocycles. The van der Waals surface area contributed by atoms with Gasteiger partial charge in [-0.2, -0.15) is 0 Å². The van der Waals surface area contributed by atoms with Gasteiger partial charge in [0.15, 0.2) is 5.82 Å². The number of halogens is 1. The highest BCUT2D eigenvalue weighted by Crippen LogP contribution is 2.24. The number of fused-ring (bicyclic) bond motifs is 1. The van der Waals surface area contributed by atoms with E-state index in [1.165, 1.54) is 18.5 Å². The van der Waals surface area contributed by atoms with Gasteiger partial charge in [0.2, 0.25) is 0 Å². The smallest absolute Gasteiger partial charge is 0.153 e. The van der Waals surface area contributed by atoms with Crippen LogP contribution in [0.25, 0.3) is 22.3 Å². The number of ether oxygens (including phenoxy) is 1. The zero-order valence-corrected chi connectivity index (χ0v) is 14.2. The molecular formula is C18H20FN5O. The lowest BCUT2D eigenvalue weighted by Gasteiger charge is -2.16. The summed E-state index contributed by atoms with van der Waals surface area (Å²) < 4.78 is 19.2. The zero-order valence-electron chi connectivity index (χ0n) is 14.2. The van der Waals surface area contributed by atoms with Crippen molar-refractivity contribution in [2.45, 2.75) is 6.54 Å². The fourth-order valence-electron chi connectivity index (χ4n) is 2.65. The first-order chi connectivity index (χ1) is 12.1. The molecule has 0 bridgehead atoms. The number of nitrogens with zero attached hydrogens (tertiary/aromatic N) is 4. The number of aromatic nitrogens is 3. The summed E-state index contributed by atoms with van der Waals surface area (Å²) in [5.74, 6) is 0.00889. The molecule has 2 N–H and O–H groups in total. The van der Waals surface area contributed by atoms with Gasteiger partial charge in [-0.15, -0.1) is 0 Å². The topological polar surface area (TPSA) is 77.2 Å². The van der Waals surface area contributed by atoms with Crippen molar-refractivity contribution in [3.8, 4) is 11.3 Å². The van der Waals surface area contributed by atoms with E-state index < -0.39 is 0 Å². The Kier molecular flexibility index (Phi) is 5.16. The summed E-state index contributed by atoms with van der Waals surface area (Å²) in [7, 11) is 3.63. The van der Waals surface area contributed by atoms with Crippen molar-refractivity contribution in [2.75, 3.05) is 33.0 Å². The number of benzene rings is 1. The molecule has 0 unspecified atom stereocenters. The van der Waals surface area contributed by atoms with E-state index in [1.54, 1.807) is 7.11 Å². The van der Waals surface area contributed by atoms with E-state index in [1.807, 2.05) is 25.2 Å². The first-order valence-corrected chi connectivity index (χ1v) is 7.91. The molecule has 0 aliphatic rings. The molecule has 0 radical (unpaired) electrons. The lowest BCUT2D eigenvalue weighted by molar-refractivity contribution is 0.158. The summed E-state index contributed by atoms with van der Waals surface area (Å²) in [5.41, 5.74) is 9.24. The Labute approximate surface area is 145 Å². The molecule has 0 saturated carbocycles. The van der Waals surface area contributed by atoms with Crippen LogP contribution in [0.3, 0.4) is 0 Å². The summed E-state index contributed by atoms with van der Waals surface area (Å²) in [6.45, 7) is 2.02. The summed E-state index contributed by atoms with van der Waals surface area (Å²) >= 11 is 0. The third-order valence-corrected chi connectivity index (χ3v) is 3.89. The molecule has 7 heteroatoms. The minimum atomic E-state index is -0.299. The summed E-state index contributed by atoms with van der Waals surface area (Å²) in [6.07, 6.45) is 1.40. The monoisotopic (exact) mass is 341 g/mol. The Morgan fingerprint density at radius 3 is 2.84 bits per heavy atom. The SMILES string of the molecule is COCCN(C)Cc1cc(F)cc(-c2ccc3ncnc(N)c3n2)c1. The van der Waals surface area contributed by atoms with E-state index in [4.69, 9.17) is 10.5 Å². The molecule has 25 heavy (non-hydrogen) atoms. The van der Waals surface area contributed by atoms with Crippen LogP contribution in [-0.2, 0) is 11.3 Å². The predicted octanol–water partition coefficient (Wildman–Crippen LogP) is 2.49. The molecule has 0 amide bonds. The van der Waals surface area contributed by atoms with Gasteiger partial charge < -0.3 is 10.5 Å². The van der Waals surface area contributed by atoms with Gasteiger partial charge in [-0.1, -0.05) is 0 Å². The Hall–Kier alpha value is -2.64. The van der Waals surface area contributed by atoms with Crippen molar-refractivity contribution in [1.29, 1.82) is 0 Å². The van der Waals surface area contributed by atoms with Gasteiger partial charge in [0.25, 0.3) is 0 Å². The van der Waals surface area contributed by atoms with Crippen molar-refractivity contribution in [2.24, 2.45) is 0 Å². The molecular weight excluding hydrogens is 321 g/mol. The maximum atomic E-state index is 14.1. The minimum absolute atomic E-state index is 0.299. The summed E-state index contributed by atoms with van der Waals surface area (Å²) in [5, 5.41) is 0. The van der Waals surface area contributed by atoms with Crippen molar-refractivity contribution in [1.82, 2.24) is 19.9 Å². The zero-order chi connectivity index (χ0) is 17.8. The van der Waals surface area contributed by atoms with Crippen LogP contribution in [0, 0.1) is 5.82 Å².